The van der Waals surface area contributed by atoms with Crippen LogP contribution in [0.25, 0.3) is 0 Å². The maximum Gasteiger partial charge on any atom is 0.304 e. The molecule has 0 aliphatic carbocycles. The van der Waals surface area contributed by atoms with Gasteiger partial charge in [0.1, 0.15) is 5.75 Å². The molecule has 1 aliphatic rings. The Morgan fingerprint density at radius 1 is 1.27 bits per heavy atom. The summed E-state index contributed by atoms with van der Waals surface area (Å²) in [5.41, 5.74) is 0.592. The third-order valence-corrected chi connectivity index (χ3v) is 8.40. The lowest BCUT2D eigenvalue weighted by atomic mass is 9.99. The lowest BCUT2D eigenvalue weighted by Gasteiger charge is -2.35. The van der Waals surface area contributed by atoms with Gasteiger partial charge in [-0.05, 0) is 68.4 Å². The van der Waals surface area contributed by atoms with E-state index in [2.05, 4.69) is 12.2 Å². The van der Waals surface area contributed by atoms with Crippen LogP contribution < -0.4 is 14.4 Å². The lowest BCUT2D eigenvalue weighted by molar-refractivity contribution is -0.126. The molecule has 1 atom stereocenters. The van der Waals surface area contributed by atoms with Crippen LogP contribution in [0.2, 0.25) is 0 Å². The number of piperidine rings is 1. The SMILES string of the molecule is CCCSCCCNC(=O)[C@H]1CCCN(S(=O)(=O)N(CC)c2ccc(OC)cc2)C1. The van der Waals surface area contributed by atoms with Crippen molar-refractivity contribution in [3.8, 4) is 5.75 Å². The molecule has 0 spiro atoms. The van der Waals surface area contributed by atoms with E-state index in [1.807, 2.05) is 18.7 Å². The van der Waals surface area contributed by atoms with Crippen LogP contribution in [-0.4, -0.2) is 63.4 Å². The van der Waals surface area contributed by atoms with Crippen molar-refractivity contribution < 1.29 is 17.9 Å². The van der Waals surface area contributed by atoms with Gasteiger partial charge in [-0.25, -0.2) is 0 Å². The Morgan fingerprint density at radius 2 is 2.00 bits per heavy atom. The number of nitrogens with one attached hydrogen (secondary N) is 1. The van der Waals surface area contributed by atoms with Gasteiger partial charge in [0, 0.05) is 26.2 Å². The Balaban J connectivity index is 1.96. The first kappa shape index (κ1) is 24.8. The maximum atomic E-state index is 13.3. The van der Waals surface area contributed by atoms with E-state index in [0.29, 0.717) is 37.5 Å². The second kappa shape index (κ2) is 12.4. The summed E-state index contributed by atoms with van der Waals surface area (Å²) in [4.78, 5) is 12.6. The summed E-state index contributed by atoms with van der Waals surface area (Å²) in [7, 11) is -2.13. The molecule has 30 heavy (non-hydrogen) atoms. The van der Waals surface area contributed by atoms with E-state index in [9.17, 15) is 13.2 Å². The predicted octanol–water partition coefficient (Wildman–Crippen LogP) is 3.13. The molecular weight excluding hydrogens is 422 g/mol. The molecule has 0 radical (unpaired) electrons. The molecule has 9 heteroatoms. The number of rotatable bonds is 12. The number of hydrogen-bond acceptors (Lipinski definition) is 5. The van der Waals surface area contributed by atoms with E-state index in [0.717, 1.165) is 30.8 Å². The van der Waals surface area contributed by atoms with Gasteiger partial charge >= 0.3 is 10.2 Å². The molecule has 0 unspecified atom stereocenters. The molecule has 0 bridgehead atoms. The van der Waals surface area contributed by atoms with Crippen LogP contribution in [0.15, 0.2) is 24.3 Å². The minimum Gasteiger partial charge on any atom is -0.497 e. The van der Waals surface area contributed by atoms with Crippen molar-refractivity contribution in [1.82, 2.24) is 9.62 Å². The van der Waals surface area contributed by atoms with Gasteiger partial charge in [0.25, 0.3) is 0 Å². The van der Waals surface area contributed by atoms with Gasteiger partial charge < -0.3 is 10.1 Å². The Morgan fingerprint density at radius 3 is 2.63 bits per heavy atom. The van der Waals surface area contributed by atoms with Crippen LogP contribution in [0.3, 0.4) is 0 Å². The van der Waals surface area contributed by atoms with Gasteiger partial charge in [0.05, 0.1) is 18.7 Å². The highest BCUT2D eigenvalue weighted by Gasteiger charge is 2.35. The number of carbonyl (C=O) groups excluding carboxylic acids is 1. The van der Waals surface area contributed by atoms with E-state index >= 15 is 0 Å². The molecule has 1 N–H and O–H groups in total. The van der Waals surface area contributed by atoms with Gasteiger partial charge in [-0.3, -0.25) is 9.10 Å². The van der Waals surface area contributed by atoms with E-state index in [1.54, 1.807) is 31.4 Å². The van der Waals surface area contributed by atoms with Crippen LogP contribution in [-0.2, 0) is 15.0 Å². The Bertz CT molecular complexity index is 756. The van der Waals surface area contributed by atoms with Gasteiger partial charge in [-0.2, -0.15) is 24.5 Å². The molecule has 1 aromatic carbocycles. The zero-order chi connectivity index (χ0) is 22.0. The Labute approximate surface area is 185 Å². The lowest BCUT2D eigenvalue weighted by Crippen LogP contribution is -2.50. The van der Waals surface area contributed by atoms with Crippen LogP contribution in [0.4, 0.5) is 5.69 Å². The fourth-order valence-electron chi connectivity index (χ4n) is 3.51. The van der Waals surface area contributed by atoms with Gasteiger partial charge in [-0.15, -0.1) is 0 Å². The van der Waals surface area contributed by atoms with Crippen molar-refractivity contribution in [2.45, 2.75) is 39.5 Å². The van der Waals surface area contributed by atoms with Crippen LogP contribution in [0.1, 0.15) is 39.5 Å². The summed E-state index contributed by atoms with van der Waals surface area (Å²) in [5, 5.41) is 2.99. The molecule has 7 nitrogen and oxygen atoms in total. The molecular formula is C21H35N3O4S2. The van der Waals surface area contributed by atoms with Crippen molar-refractivity contribution in [2.24, 2.45) is 5.92 Å². The van der Waals surface area contributed by atoms with E-state index < -0.39 is 10.2 Å². The first-order valence-electron chi connectivity index (χ1n) is 10.7. The summed E-state index contributed by atoms with van der Waals surface area (Å²) >= 11 is 1.90. The van der Waals surface area contributed by atoms with Crippen molar-refractivity contribution in [3.63, 3.8) is 0 Å². The molecule has 170 valence electrons. The Hall–Kier alpha value is -1.45. The number of hydrogen-bond donors (Lipinski definition) is 1. The number of ether oxygens (including phenoxy) is 1. The van der Waals surface area contributed by atoms with Crippen LogP contribution in [0.5, 0.6) is 5.75 Å². The minimum atomic E-state index is -3.71. The molecule has 1 amide bonds. The summed E-state index contributed by atoms with van der Waals surface area (Å²) in [6.07, 6.45) is 3.50. The number of anilines is 1. The normalized spacial score (nSPS) is 17.5. The average Bonchev–Trinajstić information content (AvgIpc) is 2.77. The molecule has 2 rings (SSSR count). The van der Waals surface area contributed by atoms with Crippen molar-refractivity contribution in [2.75, 3.05) is 49.1 Å². The number of benzene rings is 1. The quantitative estimate of drug-likeness (QED) is 0.488. The monoisotopic (exact) mass is 457 g/mol. The topological polar surface area (TPSA) is 79.0 Å². The predicted molar refractivity (Wildman–Crippen MR) is 124 cm³/mol. The van der Waals surface area contributed by atoms with E-state index in [1.165, 1.54) is 8.61 Å². The zero-order valence-electron chi connectivity index (χ0n) is 18.3. The van der Waals surface area contributed by atoms with Crippen molar-refractivity contribution in [1.29, 1.82) is 0 Å². The highest BCUT2D eigenvalue weighted by atomic mass is 32.2. The second-order valence-corrected chi connectivity index (χ2v) is 10.4. The van der Waals surface area contributed by atoms with Crippen molar-refractivity contribution in [3.05, 3.63) is 24.3 Å². The largest absolute Gasteiger partial charge is 0.497 e. The third-order valence-electron chi connectivity index (χ3n) is 5.12. The van der Waals surface area contributed by atoms with Crippen LogP contribution >= 0.6 is 11.8 Å². The molecule has 1 fully saturated rings. The third kappa shape index (κ3) is 6.78. The molecule has 1 heterocycles. The number of thioether (sulfide) groups is 1. The highest BCUT2D eigenvalue weighted by Crippen LogP contribution is 2.26. The number of amides is 1. The Kier molecular flexibility index (Phi) is 10.3. The average molecular weight is 458 g/mol. The van der Waals surface area contributed by atoms with E-state index in [-0.39, 0.29) is 18.4 Å². The fraction of sp³-hybridized carbons (Fsp3) is 0.667. The standard InChI is InChI=1S/C21H35N3O4S2/c1-4-15-29-16-7-13-22-21(25)18-8-6-14-23(17-18)30(26,27)24(5-2)19-9-11-20(28-3)12-10-19/h9-12,18H,4-8,13-17H2,1-3H3,(H,22,25)/t18-/m0/s1. The second-order valence-electron chi connectivity index (χ2n) is 7.32. The molecule has 1 saturated heterocycles. The molecule has 1 aromatic rings. The minimum absolute atomic E-state index is 0.0390. The fourth-order valence-corrected chi connectivity index (χ4v) is 6.07. The smallest absolute Gasteiger partial charge is 0.304 e. The maximum absolute atomic E-state index is 13.3. The summed E-state index contributed by atoms with van der Waals surface area (Å²) in [6.45, 7) is 5.60. The summed E-state index contributed by atoms with van der Waals surface area (Å²) in [5.74, 6) is 2.52. The first-order chi connectivity index (χ1) is 14.4. The van der Waals surface area contributed by atoms with Crippen molar-refractivity contribution >= 4 is 33.6 Å². The summed E-state index contributed by atoms with van der Waals surface area (Å²) in [6, 6.07) is 6.98. The zero-order valence-corrected chi connectivity index (χ0v) is 19.9. The van der Waals surface area contributed by atoms with E-state index in [4.69, 9.17) is 4.74 Å². The van der Waals surface area contributed by atoms with Gasteiger partial charge in [-0.1, -0.05) is 6.92 Å². The molecule has 0 saturated carbocycles. The van der Waals surface area contributed by atoms with Gasteiger partial charge in [0.2, 0.25) is 5.91 Å². The van der Waals surface area contributed by atoms with Gasteiger partial charge in [0.15, 0.2) is 0 Å². The van der Waals surface area contributed by atoms with Crippen LogP contribution in [0, 0.1) is 5.92 Å². The highest BCUT2D eigenvalue weighted by molar-refractivity contribution is 7.99. The summed E-state index contributed by atoms with van der Waals surface area (Å²) < 4.78 is 34.6. The number of methoxy groups -OCH3 is 1. The first-order valence-corrected chi connectivity index (χ1v) is 13.3. The molecule has 0 aromatic heterocycles. The number of nitrogens with zero attached hydrogens (tertiary/aromatic N) is 2. The number of carbonyl (C=O) groups is 1. The molecule has 1 aliphatic heterocycles.